The van der Waals surface area contributed by atoms with Crippen LogP contribution in [0.2, 0.25) is 0 Å². The van der Waals surface area contributed by atoms with Gasteiger partial charge in [-0.1, -0.05) is 169 Å². The first kappa shape index (κ1) is 60.4. The molecule has 0 aromatic carbocycles. The predicted molar refractivity (Wildman–Crippen MR) is 263 cm³/mol. The summed E-state index contributed by atoms with van der Waals surface area (Å²) in [5, 5.41) is 21.9. The van der Waals surface area contributed by atoms with Crippen LogP contribution in [0, 0.1) is 0 Å². The predicted octanol–water partition coefficient (Wildman–Crippen LogP) is 13.2. The van der Waals surface area contributed by atoms with Gasteiger partial charge in [0.05, 0.1) is 13.2 Å². The van der Waals surface area contributed by atoms with Crippen LogP contribution in [0.5, 0.6) is 0 Å². The average Bonchev–Trinajstić information content (AvgIpc) is 3.27. The van der Waals surface area contributed by atoms with E-state index < -0.39 is 57.6 Å². The van der Waals surface area contributed by atoms with Crippen LogP contribution in [0.15, 0.2) is 97.2 Å². The SMILES string of the molecule is CC/C=C\C/C=C\C/C=C\C/C=C\C/C=C\C/C=C\CCCCC(=O)NC(COP(=O)(O)OCC(O)COC(=O)CCCCCCCCCCC/C=C\C/C=C\CCCCC)C(=O)O. The Kier molecular flexibility index (Phi) is 43.4. The van der Waals surface area contributed by atoms with Gasteiger partial charge in [-0.05, 0) is 96.3 Å². The Morgan fingerprint density at radius 2 is 0.906 bits per heavy atom. The maximum atomic E-state index is 12.3. The zero-order valence-electron chi connectivity index (χ0n) is 39.5. The number of carboxylic acid groups (broad SMARTS) is 1. The maximum Gasteiger partial charge on any atom is 0.472 e. The van der Waals surface area contributed by atoms with Crippen LogP contribution < -0.4 is 5.32 Å². The van der Waals surface area contributed by atoms with Crippen molar-refractivity contribution in [2.75, 3.05) is 19.8 Å². The molecule has 3 unspecified atom stereocenters. The fraction of sp³-hybridized carbons (Fsp3) is 0.635. The van der Waals surface area contributed by atoms with Gasteiger partial charge in [0.2, 0.25) is 5.91 Å². The number of aliphatic carboxylic acids is 1. The summed E-state index contributed by atoms with van der Waals surface area (Å²) in [5.74, 6) is -2.45. The first-order chi connectivity index (χ1) is 31.1. The van der Waals surface area contributed by atoms with Crippen molar-refractivity contribution in [3.8, 4) is 0 Å². The Morgan fingerprint density at radius 1 is 0.516 bits per heavy atom. The van der Waals surface area contributed by atoms with E-state index in [0.717, 1.165) is 83.5 Å². The van der Waals surface area contributed by atoms with Crippen molar-refractivity contribution in [3.63, 3.8) is 0 Å². The van der Waals surface area contributed by atoms with Crippen LogP contribution in [-0.4, -0.2) is 64.9 Å². The molecule has 1 amide bonds. The molecule has 0 spiro atoms. The second kappa shape index (κ2) is 45.9. The number of rotatable bonds is 44. The number of aliphatic hydroxyl groups is 1. The van der Waals surface area contributed by atoms with Crippen LogP contribution in [-0.2, 0) is 32.7 Å². The molecule has 4 N–H and O–H groups in total. The molecule has 0 heterocycles. The van der Waals surface area contributed by atoms with E-state index in [9.17, 15) is 34.1 Å². The minimum atomic E-state index is -4.78. The summed E-state index contributed by atoms with van der Waals surface area (Å²) < 4.78 is 26.9. The number of hydrogen-bond acceptors (Lipinski definition) is 8. The van der Waals surface area contributed by atoms with E-state index in [4.69, 9.17) is 13.8 Å². The van der Waals surface area contributed by atoms with Gasteiger partial charge in [-0.2, -0.15) is 0 Å². The lowest BCUT2D eigenvalue weighted by atomic mass is 10.1. The van der Waals surface area contributed by atoms with E-state index in [0.29, 0.717) is 12.8 Å². The van der Waals surface area contributed by atoms with Gasteiger partial charge in [0.25, 0.3) is 0 Å². The number of nitrogens with one attached hydrogen (secondary N) is 1. The molecule has 0 fully saturated rings. The molecule has 0 rings (SSSR count). The van der Waals surface area contributed by atoms with Crippen LogP contribution in [0.1, 0.15) is 181 Å². The molecule has 0 aliphatic heterocycles. The van der Waals surface area contributed by atoms with Gasteiger partial charge < -0.3 is 25.2 Å². The highest BCUT2D eigenvalue weighted by Gasteiger charge is 2.28. The van der Waals surface area contributed by atoms with Crippen LogP contribution >= 0.6 is 7.82 Å². The Labute approximate surface area is 387 Å². The van der Waals surface area contributed by atoms with E-state index in [2.05, 4.69) is 110 Å². The molecule has 11 nitrogen and oxygen atoms in total. The number of esters is 1. The van der Waals surface area contributed by atoms with Crippen molar-refractivity contribution in [2.45, 2.75) is 193 Å². The standard InChI is InChI=1S/C52H86NO10P/c1-3-5-7-9-11-13-15-17-19-21-23-24-26-27-29-31-33-35-37-39-41-43-50(55)53-49(52(57)58)47-63-64(59,60)62-46-48(54)45-61-51(56)44-42-40-38-36-34-32-30-28-25-22-20-18-16-14-12-10-8-6-4-2/h5,7,11-14,17-20,23-24,27,29,33,35,48-49,54H,3-4,6,8-10,15-16,21-22,25-26,28,30-32,34,36-47H2,1-2H3,(H,53,55)(H,57,58)(H,59,60)/b7-5-,13-11-,14-12-,19-17-,20-18-,24-23-,29-27-,35-33-. The number of ether oxygens (including phenoxy) is 1. The zero-order valence-corrected chi connectivity index (χ0v) is 40.4. The van der Waals surface area contributed by atoms with E-state index in [-0.39, 0.29) is 12.8 Å². The lowest BCUT2D eigenvalue weighted by molar-refractivity contribution is -0.147. The number of hydrogen-bond donors (Lipinski definition) is 4. The minimum absolute atomic E-state index is 0.0847. The summed E-state index contributed by atoms with van der Waals surface area (Å²) in [7, 11) is -4.78. The number of phosphoric acid groups is 1. The number of carbonyl (C=O) groups excluding carboxylic acids is 2. The van der Waals surface area contributed by atoms with Crippen molar-refractivity contribution in [1.29, 1.82) is 0 Å². The summed E-state index contributed by atoms with van der Waals surface area (Å²) in [4.78, 5) is 46.1. The van der Waals surface area contributed by atoms with Gasteiger partial charge in [-0.25, -0.2) is 9.36 Å². The summed E-state index contributed by atoms with van der Waals surface area (Å²) >= 11 is 0. The summed E-state index contributed by atoms with van der Waals surface area (Å²) in [5.41, 5.74) is 0. The van der Waals surface area contributed by atoms with Gasteiger partial charge in [-0.3, -0.25) is 18.6 Å². The molecule has 0 saturated carbocycles. The maximum absolute atomic E-state index is 12.3. The van der Waals surface area contributed by atoms with E-state index in [1.54, 1.807) is 0 Å². The Hall–Kier alpha value is -3.60. The quantitative estimate of drug-likeness (QED) is 0.0200. The first-order valence-electron chi connectivity index (χ1n) is 24.3. The van der Waals surface area contributed by atoms with E-state index in [1.807, 2.05) is 6.08 Å². The lowest BCUT2D eigenvalue weighted by Crippen LogP contribution is -2.43. The van der Waals surface area contributed by atoms with E-state index in [1.165, 1.54) is 57.8 Å². The van der Waals surface area contributed by atoms with E-state index >= 15 is 0 Å². The monoisotopic (exact) mass is 916 g/mol. The number of aliphatic hydroxyl groups excluding tert-OH is 1. The number of carbonyl (C=O) groups is 3. The molecule has 3 atom stereocenters. The summed E-state index contributed by atoms with van der Waals surface area (Å²) in [6.07, 6.45) is 58.6. The molecule has 364 valence electrons. The second-order valence-corrected chi connectivity index (χ2v) is 17.4. The molecule has 0 aliphatic carbocycles. The first-order valence-corrected chi connectivity index (χ1v) is 25.8. The lowest BCUT2D eigenvalue weighted by Gasteiger charge is -2.18. The van der Waals surface area contributed by atoms with Crippen LogP contribution in [0.4, 0.5) is 0 Å². The summed E-state index contributed by atoms with van der Waals surface area (Å²) in [6, 6.07) is -1.58. The molecule has 0 saturated heterocycles. The van der Waals surface area contributed by atoms with Crippen molar-refractivity contribution >= 4 is 25.7 Å². The van der Waals surface area contributed by atoms with Crippen molar-refractivity contribution in [1.82, 2.24) is 5.32 Å². The van der Waals surface area contributed by atoms with Gasteiger partial charge >= 0.3 is 19.8 Å². The molecule has 0 radical (unpaired) electrons. The van der Waals surface area contributed by atoms with Gasteiger partial charge in [0.1, 0.15) is 12.7 Å². The fourth-order valence-electron chi connectivity index (χ4n) is 6.11. The van der Waals surface area contributed by atoms with Crippen molar-refractivity contribution in [3.05, 3.63) is 97.2 Å². The van der Waals surface area contributed by atoms with Crippen LogP contribution in [0.25, 0.3) is 0 Å². The second-order valence-electron chi connectivity index (χ2n) is 15.9. The number of phosphoric ester groups is 1. The molecule has 0 aromatic rings. The van der Waals surface area contributed by atoms with Crippen molar-refractivity contribution in [2.24, 2.45) is 0 Å². The Morgan fingerprint density at radius 3 is 1.38 bits per heavy atom. The summed E-state index contributed by atoms with van der Waals surface area (Å²) in [6.45, 7) is 2.42. The number of allylic oxidation sites excluding steroid dienone is 16. The molecular weight excluding hydrogens is 830 g/mol. The number of amides is 1. The van der Waals surface area contributed by atoms with Crippen LogP contribution in [0.3, 0.4) is 0 Å². The third-order valence-electron chi connectivity index (χ3n) is 9.86. The third kappa shape index (κ3) is 45.0. The highest BCUT2D eigenvalue weighted by atomic mass is 31.2. The van der Waals surface area contributed by atoms with Gasteiger partial charge in [0, 0.05) is 12.8 Å². The number of unbranched alkanes of at least 4 members (excludes halogenated alkanes) is 14. The molecule has 0 bridgehead atoms. The molecule has 0 aliphatic rings. The Balaban J connectivity index is 3.96. The Bertz CT molecular complexity index is 1450. The third-order valence-corrected chi connectivity index (χ3v) is 10.8. The number of carboxylic acids is 1. The highest BCUT2D eigenvalue weighted by Crippen LogP contribution is 2.43. The van der Waals surface area contributed by atoms with Crippen molar-refractivity contribution < 1.29 is 47.8 Å². The minimum Gasteiger partial charge on any atom is -0.480 e. The molecular formula is C52H86NO10P. The topological polar surface area (TPSA) is 169 Å². The van der Waals surface area contributed by atoms with Gasteiger partial charge in [-0.15, -0.1) is 0 Å². The largest absolute Gasteiger partial charge is 0.480 e. The smallest absolute Gasteiger partial charge is 0.472 e. The molecule has 64 heavy (non-hydrogen) atoms. The normalized spacial score (nSPS) is 14.4. The fourth-order valence-corrected chi connectivity index (χ4v) is 6.88. The highest BCUT2D eigenvalue weighted by molar-refractivity contribution is 7.47. The average molecular weight is 916 g/mol. The molecule has 12 heteroatoms. The van der Waals surface area contributed by atoms with Gasteiger partial charge in [0.15, 0.2) is 6.04 Å². The molecule has 0 aromatic heterocycles. The zero-order chi connectivity index (χ0) is 47.0.